The molecule has 1 aromatic carbocycles. The summed E-state index contributed by atoms with van der Waals surface area (Å²) >= 11 is 0. The van der Waals surface area contributed by atoms with Crippen LogP contribution in [0.3, 0.4) is 0 Å². The summed E-state index contributed by atoms with van der Waals surface area (Å²) in [4.78, 5) is -0.190. The first-order valence-corrected chi connectivity index (χ1v) is 6.96. The highest BCUT2D eigenvalue weighted by atomic mass is 32.2. The van der Waals surface area contributed by atoms with Gasteiger partial charge in [-0.25, -0.2) is 17.5 Å². The molecule has 0 aromatic heterocycles. The molecule has 94 valence electrons. The van der Waals surface area contributed by atoms with Crippen molar-refractivity contribution < 1.29 is 12.8 Å². The number of rotatable bonds is 4. The first-order valence-electron chi connectivity index (χ1n) is 5.47. The van der Waals surface area contributed by atoms with Crippen molar-refractivity contribution in [1.82, 2.24) is 4.72 Å². The van der Waals surface area contributed by atoms with Crippen molar-refractivity contribution >= 4 is 15.7 Å². The van der Waals surface area contributed by atoms with Crippen molar-refractivity contribution in [2.75, 3.05) is 5.73 Å². The predicted molar refractivity (Wildman–Crippen MR) is 63.3 cm³/mol. The first-order chi connectivity index (χ1) is 7.90. The van der Waals surface area contributed by atoms with Gasteiger partial charge in [0.1, 0.15) is 10.7 Å². The normalized spacial score (nSPS) is 18.0. The lowest BCUT2D eigenvalue weighted by Gasteiger charge is -2.14. The van der Waals surface area contributed by atoms with Crippen LogP contribution in [0, 0.1) is 11.7 Å². The molecule has 2 rings (SSSR count). The van der Waals surface area contributed by atoms with Gasteiger partial charge in [0.05, 0.1) is 5.69 Å². The van der Waals surface area contributed by atoms with E-state index in [1.54, 1.807) is 0 Å². The molecular weight excluding hydrogens is 243 g/mol. The van der Waals surface area contributed by atoms with Crippen LogP contribution in [0.5, 0.6) is 0 Å². The van der Waals surface area contributed by atoms with E-state index in [-0.39, 0.29) is 16.6 Å². The number of hydrogen-bond acceptors (Lipinski definition) is 3. The van der Waals surface area contributed by atoms with Crippen LogP contribution in [-0.2, 0) is 10.0 Å². The fourth-order valence-electron chi connectivity index (χ4n) is 1.74. The molecule has 0 radical (unpaired) electrons. The summed E-state index contributed by atoms with van der Waals surface area (Å²) in [5.41, 5.74) is 5.61. The monoisotopic (exact) mass is 258 g/mol. The van der Waals surface area contributed by atoms with E-state index >= 15 is 0 Å². The van der Waals surface area contributed by atoms with E-state index in [2.05, 4.69) is 4.72 Å². The van der Waals surface area contributed by atoms with Gasteiger partial charge >= 0.3 is 0 Å². The molecule has 6 heteroatoms. The molecule has 1 atom stereocenters. The highest BCUT2D eigenvalue weighted by Gasteiger charge is 2.31. The van der Waals surface area contributed by atoms with Crippen molar-refractivity contribution in [2.45, 2.75) is 30.7 Å². The van der Waals surface area contributed by atoms with Gasteiger partial charge in [0.2, 0.25) is 10.0 Å². The zero-order valence-corrected chi connectivity index (χ0v) is 10.3. The summed E-state index contributed by atoms with van der Waals surface area (Å²) in [7, 11) is -3.73. The van der Waals surface area contributed by atoms with Gasteiger partial charge in [0.25, 0.3) is 0 Å². The van der Waals surface area contributed by atoms with Crippen LogP contribution in [0.15, 0.2) is 23.1 Å². The van der Waals surface area contributed by atoms with Gasteiger partial charge in [0, 0.05) is 6.04 Å². The topological polar surface area (TPSA) is 72.2 Å². The third-order valence-corrected chi connectivity index (χ3v) is 4.55. The van der Waals surface area contributed by atoms with Crippen LogP contribution in [0.4, 0.5) is 10.1 Å². The number of nitrogens with two attached hydrogens (primary N) is 1. The second-order valence-corrected chi connectivity index (χ2v) is 6.11. The average Bonchev–Trinajstić information content (AvgIpc) is 3.04. The molecule has 0 bridgehead atoms. The highest BCUT2D eigenvalue weighted by molar-refractivity contribution is 7.89. The smallest absolute Gasteiger partial charge is 0.242 e. The molecule has 0 amide bonds. The van der Waals surface area contributed by atoms with Gasteiger partial charge in [-0.2, -0.15) is 0 Å². The lowest BCUT2D eigenvalue weighted by Crippen LogP contribution is -2.34. The Balaban J connectivity index is 2.27. The molecule has 17 heavy (non-hydrogen) atoms. The lowest BCUT2D eigenvalue weighted by molar-refractivity contribution is 0.537. The molecule has 0 heterocycles. The van der Waals surface area contributed by atoms with Gasteiger partial charge in [-0.1, -0.05) is 0 Å². The molecule has 0 spiro atoms. The van der Waals surface area contributed by atoms with Gasteiger partial charge in [-0.3, -0.25) is 0 Å². The van der Waals surface area contributed by atoms with Gasteiger partial charge in [0.15, 0.2) is 0 Å². The Bertz CT molecular complexity index is 526. The quantitative estimate of drug-likeness (QED) is 0.804. The minimum absolute atomic E-state index is 0.0573. The number of sulfonamides is 1. The minimum atomic E-state index is -3.73. The molecule has 0 saturated heterocycles. The highest BCUT2D eigenvalue weighted by Crippen LogP contribution is 2.33. The third kappa shape index (κ3) is 2.76. The Morgan fingerprint density at radius 1 is 1.47 bits per heavy atom. The number of nitrogen functional groups attached to an aromatic ring is 1. The Kier molecular flexibility index (Phi) is 3.09. The molecule has 4 nitrogen and oxygen atoms in total. The summed E-state index contributed by atoms with van der Waals surface area (Å²) in [5.74, 6) is -0.224. The largest absolute Gasteiger partial charge is 0.398 e. The van der Waals surface area contributed by atoms with Crippen LogP contribution in [-0.4, -0.2) is 14.5 Å². The van der Waals surface area contributed by atoms with Gasteiger partial charge in [-0.05, 0) is 43.9 Å². The molecule has 1 aromatic rings. The van der Waals surface area contributed by atoms with Crippen LogP contribution >= 0.6 is 0 Å². The summed E-state index contributed by atoms with van der Waals surface area (Å²) in [5, 5.41) is 0. The Morgan fingerprint density at radius 2 is 2.12 bits per heavy atom. The SMILES string of the molecule is CC(NS(=O)(=O)c1cc(F)ccc1N)C1CC1. The second-order valence-electron chi connectivity index (χ2n) is 4.43. The molecule has 1 saturated carbocycles. The van der Waals surface area contributed by atoms with Crippen LogP contribution in [0.2, 0.25) is 0 Å². The molecule has 0 aliphatic heterocycles. The molecule has 1 unspecified atom stereocenters. The summed E-state index contributed by atoms with van der Waals surface area (Å²) < 4.78 is 39.5. The van der Waals surface area contributed by atoms with Crippen molar-refractivity contribution in [3.05, 3.63) is 24.0 Å². The van der Waals surface area contributed by atoms with E-state index in [0.29, 0.717) is 5.92 Å². The summed E-state index contributed by atoms with van der Waals surface area (Å²) in [6.45, 7) is 1.81. The van der Waals surface area contributed by atoms with E-state index in [0.717, 1.165) is 25.0 Å². The van der Waals surface area contributed by atoms with Crippen molar-refractivity contribution in [3.8, 4) is 0 Å². The lowest BCUT2D eigenvalue weighted by atomic mass is 10.2. The van der Waals surface area contributed by atoms with E-state index in [1.165, 1.54) is 6.07 Å². The third-order valence-electron chi connectivity index (χ3n) is 2.94. The second kappa shape index (κ2) is 4.27. The minimum Gasteiger partial charge on any atom is -0.398 e. The molecule has 1 fully saturated rings. The Morgan fingerprint density at radius 3 is 2.71 bits per heavy atom. The summed E-state index contributed by atoms with van der Waals surface area (Å²) in [6.07, 6.45) is 2.06. The summed E-state index contributed by atoms with van der Waals surface area (Å²) in [6, 6.07) is 3.20. The number of hydrogen-bond donors (Lipinski definition) is 2. The zero-order valence-electron chi connectivity index (χ0n) is 9.48. The number of halogens is 1. The van der Waals surface area contributed by atoms with Crippen LogP contribution in [0.1, 0.15) is 19.8 Å². The molecule has 1 aliphatic rings. The van der Waals surface area contributed by atoms with Crippen molar-refractivity contribution in [1.29, 1.82) is 0 Å². The van der Waals surface area contributed by atoms with Crippen molar-refractivity contribution in [3.63, 3.8) is 0 Å². The zero-order chi connectivity index (χ0) is 12.6. The average molecular weight is 258 g/mol. The van der Waals surface area contributed by atoms with Gasteiger partial charge in [-0.15, -0.1) is 0 Å². The predicted octanol–water partition coefficient (Wildman–Crippen LogP) is 1.48. The Labute approximate surface area is 100 Å². The number of nitrogens with one attached hydrogen (secondary N) is 1. The van der Waals surface area contributed by atoms with Crippen LogP contribution < -0.4 is 10.5 Å². The maximum atomic E-state index is 13.0. The number of benzene rings is 1. The van der Waals surface area contributed by atoms with E-state index in [9.17, 15) is 12.8 Å². The molecule has 1 aliphatic carbocycles. The fraction of sp³-hybridized carbons (Fsp3) is 0.455. The van der Waals surface area contributed by atoms with Crippen LogP contribution in [0.25, 0.3) is 0 Å². The maximum Gasteiger partial charge on any atom is 0.242 e. The first kappa shape index (κ1) is 12.3. The van der Waals surface area contributed by atoms with Gasteiger partial charge < -0.3 is 5.73 Å². The maximum absolute atomic E-state index is 13.0. The fourth-order valence-corrected chi connectivity index (χ4v) is 3.20. The molecular formula is C11H15FN2O2S. The van der Waals surface area contributed by atoms with E-state index in [4.69, 9.17) is 5.73 Å². The van der Waals surface area contributed by atoms with E-state index in [1.807, 2.05) is 6.92 Å². The standard InChI is InChI=1S/C11H15FN2O2S/c1-7(8-2-3-8)14-17(15,16)11-6-9(12)4-5-10(11)13/h4-8,14H,2-3,13H2,1H3. The van der Waals surface area contributed by atoms with E-state index < -0.39 is 15.8 Å². The Hall–Kier alpha value is -1.14. The van der Waals surface area contributed by atoms with Crippen molar-refractivity contribution in [2.24, 2.45) is 5.92 Å². The number of anilines is 1. The molecule has 3 N–H and O–H groups in total.